The Balaban J connectivity index is 1.98. The third-order valence-corrected chi connectivity index (χ3v) is 4.23. The number of benzene rings is 3. The van der Waals surface area contributed by atoms with Gasteiger partial charge in [-0.05, 0) is 54.1 Å². The van der Waals surface area contributed by atoms with Gasteiger partial charge in [-0.2, -0.15) is 5.26 Å². The summed E-state index contributed by atoms with van der Waals surface area (Å²) < 4.78 is 10.8. The van der Waals surface area contributed by atoms with E-state index < -0.39 is 5.91 Å². The molecular formula is C23H20N2O3. The van der Waals surface area contributed by atoms with Crippen LogP contribution >= 0.6 is 0 Å². The van der Waals surface area contributed by atoms with Crippen molar-refractivity contribution in [2.75, 3.05) is 19.0 Å². The molecular weight excluding hydrogens is 352 g/mol. The standard InChI is InChI=1S/C23H20N2O3/c1-3-28-22-13-8-16-6-4-5-7-20(16)21(22)14-17(15-24)23(26)25-18-9-11-19(27-2)12-10-18/h4-14H,3H2,1-2H3,(H,25,26)/b17-14+. The molecule has 0 fully saturated rings. The number of fused-ring (bicyclic) bond motifs is 1. The molecule has 3 rings (SSSR count). The summed E-state index contributed by atoms with van der Waals surface area (Å²) in [4.78, 5) is 12.6. The minimum Gasteiger partial charge on any atom is -0.497 e. The molecule has 0 bridgehead atoms. The highest BCUT2D eigenvalue weighted by atomic mass is 16.5. The summed E-state index contributed by atoms with van der Waals surface area (Å²) >= 11 is 0. The van der Waals surface area contributed by atoms with Crippen molar-refractivity contribution in [1.29, 1.82) is 5.26 Å². The molecule has 1 N–H and O–H groups in total. The maximum absolute atomic E-state index is 12.6. The molecule has 5 heteroatoms. The fourth-order valence-corrected chi connectivity index (χ4v) is 2.87. The number of hydrogen-bond donors (Lipinski definition) is 1. The highest BCUT2D eigenvalue weighted by Crippen LogP contribution is 2.30. The predicted molar refractivity (Wildman–Crippen MR) is 110 cm³/mol. The highest BCUT2D eigenvalue weighted by Gasteiger charge is 2.13. The van der Waals surface area contributed by atoms with Crippen LogP contribution in [0.3, 0.4) is 0 Å². The number of carbonyl (C=O) groups is 1. The zero-order valence-corrected chi connectivity index (χ0v) is 15.7. The summed E-state index contributed by atoms with van der Waals surface area (Å²) in [5.74, 6) is 0.834. The van der Waals surface area contributed by atoms with Gasteiger partial charge in [-0.1, -0.05) is 30.3 Å². The van der Waals surface area contributed by atoms with Gasteiger partial charge in [0.1, 0.15) is 23.1 Å². The van der Waals surface area contributed by atoms with Crippen LogP contribution in [0.2, 0.25) is 0 Å². The van der Waals surface area contributed by atoms with Crippen molar-refractivity contribution in [1.82, 2.24) is 0 Å². The lowest BCUT2D eigenvalue weighted by molar-refractivity contribution is -0.112. The van der Waals surface area contributed by atoms with Crippen LogP contribution in [0, 0.1) is 11.3 Å². The molecule has 5 nitrogen and oxygen atoms in total. The molecule has 0 unspecified atom stereocenters. The number of nitrogens with one attached hydrogen (secondary N) is 1. The number of hydrogen-bond acceptors (Lipinski definition) is 4. The molecule has 140 valence electrons. The Morgan fingerprint density at radius 3 is 2.54 bits per heavy atom. The Kier molecular flexibility index (Phi) is 5.93. The molecule has 0 spiro atoms. The van der Waals surface area contributed by atoms with Crippen LogP contribution in [-0.4, -0.2) is 19.6 Å². The Labute approximate surface area is 163 Å². The summed E-state index contributed by atoms with van der Waals surface area (Å²) in [5.41, 5.74) is 1.28. The largest absolute Gasteiger partial charge is 0.497 e. The van der Waals surface area contributed by atoms with Crippen molar-refractivity contribution < 1.29 is 14.3 Å². The van der Waals surface area contributed by atoms with Crippen molar-refractivity contribution >= 4 is 28.4 Å². The Morgan fingerprint density at radius 2 is 1.86 bits per heavy atom. The molecule has 0 saturated carbocycles. The van der Waals surface area contributed by atoms with E-state index in [2.05, 4.69) is 5.32 Å². The first-order valence-corrected chi connectivity index (χ1v) is 8.88. The molecule has 0 radical (unpaired) electrons. The average Bonchev–Trinajstić information content (AvgIpc) is 2.73. The monoisotopic (exact) mass is 372 g/mol. The minimum absolute atomic E-state index is 0.00637. The topological polar surface area (TPSA) is 71.3 Å². The molecule has 0 aliphatic heterocycles. The van der Waals surface area contributed by atoms with Crippen molar-refractivity contribution in [2.45, 2.75) is 6.92 Å². The van der Waals surface area contributed by atoms with E-state index >= 15 is 0 Å². The van der Waals surface area contributed by atoms with E-state index in [9.17, 15) is 10.1 Å². The molecule has 0 heterocycles. The van der Waals surface area contributed by atoms with Gasteiger partial charge in [0, 0.05) is 11.3 Å². The van der Waals surface area contributed by atoms with Crippen LogP contribution in [0.25, 0.3) is 16.8 Å². The molecule has 3 aromatic rings. The summed E-state index contributed by atoms with van der Waals surface area (Å²) in [6.45, 7) is 2.38. The first-order valence-electron chi connectivity index (χ1n) is 8.88. The second-order valence-electron chi connectivity index (χ2n) is 5.98. The van der Waals surface area contributed by atoms with Gasteiger partial charge in [-0.3, -0.25) is 4.79 Å². The predicted octanol–water partition coefficient (Wildman–Crippen LogP) is 4.79. The first kappa shape index (κ1) is 19.0. The molecule has 0 aliphatic carbocycles. The van der Waals surface area contributed by atoms with Gasteiger partial charge in [-0.15, -0.1) is 0 Å². The fraction of sp³-hybridized carbons (Fsp3) is 0.130. The lowest BCUT2D eigenvalue weighted by Gasteiger charge is -2.11. The summed E-state index contributed by atoms with van der Waals surface area (Å²) in [6, 6.07) is 20.5. The smallest absolute Gasteiger partial charge is 0.266 e. The van der Waals surface area contributed by atoms with Gasteiger partial charge in [0.05, 0.1) is 13.7 Å². The van der Waals surface area contributed by atoms with Gasteiger partial charge in [-0.25, -0.2) is 0 Å². The van der Waals surface area contributed by atoms with E-state index in [1.165, 1.54) is 0 Å². The van der Waals surface area contributed by atoms with Crippen molar-refractivity contribution in [3.8, 4) is 17.6 Å². The van der Waals surface area contributed by atoms with Gasteiger partial charge >= 0.3 is 0 Å². The van der Waals surface area contributed by atoms with Crippen molar-refractivity contribution in [3.05, 3.63) is 71.8 Å². The molecule has 0 saturated heterocycles. The van der Waals surface area contributed by atoms with Crippen LogP contribution in [0.5, 0.6) is 11.5 Å². The number of nitrogens with zero attached hydrogens (tertiary/aromatic N) is 1. The van der Waals surface area contributed by atoms with Gasteiger partial charge in [0.15, 0.2) is 0 Å². The quantitative estimate of drug-likeness (QED) is 0.499. The average molecular weight is 372 g/mol. The van der Waals surface area contributed by atoms with Crippen LogP contribution in [-0.2, 0) is 4.79 Å². The number of ether oxygens (including phenoxy) is 2. The van der Waals surface area contributed by atoms with Crippen LogP contribution < -0.4 is 14.8 Å². The second kappa shape index (κ2) is 8.74. The Morgan fingerprint density at radius 1 is 1.11 bits per heavy atom. The number of nitriles is 1. The number of anilines is 1. The lowest BCUT2D eigenvalue weighted by atomic mass is 10.0. The van der Waals surface area contributed by atoms with E-state index in [0.717, 1.165) is 10.8 Å². The van der Waals surface area contributed by atoms with E-state index in [1.807, 2.05) is 49.4 Å². The van der Waals surface area contributed by atoms with E-state index in [0.29, 0.717) is 29.4 Å². The minimum atomic E-state index is -0.483. The SMILES string of the molecule is CCOc1ccc2ccccc2c1/C=C(\C#N)C(=O)Nc1ccc(OC)cc1. The Bertz CT molecular complexity index is 1060. The molecule has 0 atom stereocenters. The number of rotatable bonds is 6. The van der Waals surface area contributed by atoms with Crippen LogP contribution in [0.15, 0.2) is 66.2 Å². The third-order valence-electron chi connectivity index (χ3n) is 4.23. The maximum atomic E-state index is 12.6. The third kappa shape index (κ3) is 4.13. The van der Waals surface area contributed by atoms with E-state index in [-0.39, 0.29) is 5.57 Å². The van der Waals surface area contributed by atoms with Gasteiger partial charge in [0.2, 0.25) is 0 Å². The van der Waals surface area contributed by atoms with Crippen LogP contribution in [0.1, 0.15) is 12.5 Å². The zero-order valence-electron chi connectivity index (χ0n) is 15.7. The molecule has 0 aliphatic rings. The van der Waals surface area contributed by atoms with Crippen molar-refractivity contribution in [2.24, 2.45) is 0 Å². The normalized spacial score (nSPS) is 11.0. The molecule has 3 aromatic carbocycles. The van der Waals surface area contributed by atoms with Crippen LogP contribution in [0.4, 0.5) is 5.69 Å². The number of carbonyl (C=O) groups excluding carboxylic acids is 1. The molecule has 28 heavy (non-hydrogen) atoms. The fourth-order valence-electron chi connectivity index (χ4n) is 2.87. The molecule has 0 aromatic heterocycles. The first-order chi connectivity index (χ1) is 13.7. The summed E-state index contributed by atoms with van der Waals surface area (Å²) in [6.07, 6.45) is 1.58. The number of methoxy groups -OCH3 is 1. The maximum Gasteiger partial charge on any atom is 0.266 e. The lowest BCUT2D eigenvalue weighted by Crippen LogP contribution is -2.13. The highest BCUT2D eigenvalue weighted by molar-refractivity contribution is 6.11. The summed E-state index contributed by atoms with van der Waals surface area (Å²) in [5, 5.41) is 14.2. The van der Waals surface area contributed by atoms with Gasteiger partial charge < -0.3 is 14.8 Å². The summed E-state index contributed by atoms with van der Waals surface area (Å²) in [7, 11) is 1.57. The molecule has 1 amide bonds. The van der Waals surface area contributed by atoms with E-state index in [1.54, 1.807) is 37.5 Å². The zero-order chi connectivity index (χ0) is 19.9. The van der Waals surface area contributed by atoms with E-state index in [4.69, 9.17) is 9.47 Å². The Hall–Kier alpha value is -3.78. The van der Waals surface area contributed by atoms with Gasteiger partial charge in [0.25, 0.3) is 5.91 Å². The second-order valence-corrected chi connectivity index (χ2v) is 5.98. The number of amides is 1. The van der Waals surface area contributed by atoms with Crippen molar-refractivity contribution in [3.63, 3.8) is 0 Å².